The van der Waals surface area contributed by atoms with Gasteiger partial charge in [-0.25, -0.2) is 0 Å². The van der Waals surface area contributed by atoms with Crippen LogP contribution in [-0.2, 0) is 16.0 Å². The third-order valence-corrected chi connectivity index (χ3v) is 3.48. The first-order chi connectivity index (χ1) is 9.56. The first kappa shape index (κ1) is 14.5. The molecule has 0 radical (unpaired) electrons. The van der Waals surface area contributed by atoms with Crippen LogP contribution in [-0.4, -0.2) is 34.6 Å². The molecular formula is C14H19N3O3. The fourth-order valence-electron chi connectivity index (χ4n) is 2.38. The van der Waals surface area contributed by atoms with Crippen molar-refractivity contribution < 1.29 is 14.7 Å². The van der Waals surface area contributed by atoms with Gasteiger partial charge in [-0.05, 0) is 37.4 Å². The van der Waals surface area contributed by atoms with Crippen molar-refractivity contribution in [2.75, 3.05) is 11.9 Å². The largest absolute Gasteiger partial charge is 0.481 e. The lowest BCUT2D eigenvalue weighted by molar-refractivity contribution is -0.136. The summed E-state index contributed by atoms with van der Waals surface area (Å²) in [6.45, 7) is 2.92. The Labute approximate surface area is 117 Å². The number of amides is 1. The van der Waals surface area contributed by atoms with Gasteiger partial charge in [-0.3, -0.25) is 14.6 Å². The van der Waals surface area contributed by atoms with Crippen molar-refractivity contribution >= 4 is 17.6 Å². The van der Waals surface area contributed by atoms with Gasteiger partial charge in [0, 0.05) is 0 Å². The van der Waals surface area contributed by atoms with Gasteiger partial charge < -0.3 is 15.7 Å². The zero-order valence-electron chi connectivity index (χ0n) is 11.4. The van der Waals surface area contributed by atoms with Crippen LogP contribution in [0.2, 0.25) is 0 Å². The molecule has 0 bridgehead atoms. The molecule has 0 spiro atoms. The highest BCUT2D eigenvalue weighted by Crippen LogP contribution is 2.17. The van der Waals surface area contributed by atoms with Crippen LogP contribution >= 0.6 is 0 Å². The van der Waals surface area contributed by atoms with Crippen LogP contribution in [0.1, 0.15) is 25.5 Å². The van der Waals surface area contributed by atoms with Crippen LogP contribution in [0.3, 0.4) is 0 Å². The minimum atomic E-state index is -0.922. The highest BCUT2D eigenvalue weighted by Gasteiger charge is 2.27. The SMILES string of the molecule is CC1CCCNC1C(=O)Nc1ccc(CC(=O)O)nc1. The summed E-state index contributed by atoms with van der Waals surface area (Å²) in [6, 6.07) is 3.11. The second-order valence-electron chi connectivity index (χ2n) is 5.15. The van der Waals surface area contributed by atoms with Crippen molar-refractivity contribution in [1.29, 1.82) is 0 Å². The highest BCUT2D eigenvalue weighted by atomic mass is 16.4. The van der Waals surface area contributed by atoms with Gasteiger partial charge in [0.05, 0.1) is 30.0 Å². The number of carboxylic acid groups (broad SMARTS) is 1. The molecule has 0 aromatic carbocycles. The van der Waals surface area contributed by atoms with Crippen LogP contribution in [0.5, 0.6) is 0 Å². The van der Waals surface area contributed by atoms with E-state index in [0.29, 0.717) is 17.3 Å². The minimum absolute atomic E-state index is 0.0648. The van der Waals surface area contributed by atoms with Crippen molar-refractivity contribution in [2.45, 2.75) is 32.2 Å². The van der Waals surface area contributed by atoms with Gasteiger partial charge >= 0.3 is 5.97 Å². The number of piperidine rings is 1. The summed E-state index contributed by atoms with van der Waals surface area (Å²) in [6.07, 6.45) is 3.51. The molecule has 6 heteroatoms. The quantitative estimate of drug-likeness (QED) is 0.764. The molecule has 1 aromatic heterocycles. The summed E-state index contributed by atoms with van der Waals surface area (Å²) in [5, 5.41) is 14.7. The Hall–Kier alpha value is -1.95. The number of carbonyl (C=O) groups is 2. The van der Waals surface area contributed by atoms with E-state index in [4.69, 9.17) is 5.11 Å². The number of carbonyl (C=O) groups excluding carboxylic acids is 1. The van der Waals surface area contributed by atoms with Gasteiger partial charge in [-0.2, -0.15) is 0 Å². The maximum absolute atomic E-state index is 12.1. The molecule has 0 saturated carbocycles. The smallest absolute Gasteiger partial charge is 0.309 e. The van der Waals surface area contributed by atoms with Crippen LogP contribution in [0.15, 0.2) is 18.3 Å². The van der Waals surface area contributed by atoms with Crippen molar-refractivity contribution in [3.05, 3.63) is 24.0 Å². The van der Waals surface area contributed by atoms with Crippen molar-refractivity contribution in [1.82, 2.24) is 10.3 Å². The maximum atomic E-state index is 12.1. The average molecular weight is 277 g/mol. The zero-order valence-corrected chi connectivity index (χ0v) is 11.4. The number of nitrogens with one attached hydrogen (secondary N) is 2. The van der Waals surface area contributed by atoms with E-state index in [1.807, 2.05) is 0 Å². The molecule has 1 fully saturated rings. The Morgan fingerprint density at radius 1 is 1.50 bits per heavy atom. The Balaban J connectivity index is 1.95. The van der Waals surface area contributed by atoms with E-state index in [2.05, 4.69) is 22.5 Å². The summed E-state index contributed by atoms with van der Waals surface area (Å²) in [7, 11) is 0. The van der Waals surface area contributed by atoms with Gasteiger partial charge in [-0.1, -0.05) is 6.92 Å². The van der Waals surface area contributed by atoms with Crippen LogP contribution in [0.4, 0.5) is 5.69 Å². The van der Waals surface area contributed by atoms with Gasteiger partial charge in [-0.15, -0.1) is 0 Å². The molecule has 1 amide bonds. The van der Waals surface area contributed by atoms with Gasteiger partial charge in [0.15, 0.2) is 0 Å². The van der Waals surface area contributed by atoms with Gasteiger partial charge in [0.2, 0.25) is 5.91 Å². The van der Waals surface area contributed by atoms with Crippen LogP contribution < -0.4 is 10.6 Å². The standard InChI is InChI=1S/C14H19N3O3/c1-9-3-2-6-15-13(9)14(20)17-11-5-4-10(16-8-11)7-12(18)19/h4-5,8-9,13,15H,2-3,6-7H2,1H3,(H,17,20)(H,18,19). The minimum Gasteiger partial charge on any atom is -0.481 e. The van der Waals surface area contributed by atoms with Crippen LogP contribution in [0, 0.1) is 5.92 Å². The summed E-state index contributed by atoms with van der Waals surface area (Å²) >= 11 is 0. The number of aliphatic carboxylic acids is 1. The van der Waals surface area contributed by atoms with Gasteiger partial charge in [0.25, 0.3) is 0 Å². The molecule has 2 heterocycles. The first-order valence-corrected chi connectivity index (χ1v) is 6.77. The summed E-state index contributed by atoms with van der Waals surface area (Å²) in [4.78, 5) is 26.7. The molecule has 3 N–H and O–H groups in total. The molecule has 1 aromatic rings. The third-order valence-electron chi connectivity index (χ3n) is 3.48. The lowest BCUT2D eigenvalue weighted by Crippen LogP contribution is -2.48. The summed E-state index contributed by atoms with van der Waals surface area (Å²) in [5.41, 5.74) is 1.06. The average Bonchev–Trinajstić information content (AvgIpc) is 2.41. The van der Waals surface area contributed by atoms with E-state index >= 15 is 0 Å². The third kappa shape index (κ3) is 3.77. The first-order valence-electron chi connectivity index (χ1n) is 6.77. The van der Waals surface area contributed by atoms with E-state index in [9.17, 15) is 9.59 Å². The molecule has 2 rings (SSSR count). The van der Waals surface area contributed by atoms with E-state index in [1.54, 1.807) is 12.1 Å². The molecule has 0 aliphatic carbocycles. The Kier molecular flexibility index (Phi) is 4.68. The number of hydrogen-bond donors (Lipinski definition) is 3. The highest BCUT2D eigenvalue weighted by molar-refractivity contribution is 5.95. The summed E-state index contributed by atoms with van der Waals surface area (Å²) in [5.74, 6) is -0.678. The number of aromatic nitrogens is 1. The maximum Gasteiger partial charge on any atom is 0.309 e. The molecule has 20 heavy (non-hydrogen) atoms. The van der Waals surface area contributed by atoms with E-state index in [0.717, 1.165) is 19.4 Å². The number of pyridine rings is 1. The Bertz CT molecular complexity index is 487. The van der Waals surface area contributed by atoms with Gasteiger partial charge in [0.1, 0.15) is 0 Å². The molecule has 6 nitrogen and oxygen atoms in total. The number of anilines is 1. The number of hydrogen-bond acceptors (Lipinski definition) is 4. The van der Waals surface area contributed by atoms with Crippen molar-refractivity contribution in [3.63, 3.8) is 0 Å². The molecule has 1 saturated heterocycles. The fourth-order valence-corrected chi connectivity index (χ4v) is 2.38. The number of rotatable bonds is 4. The number of nitrogens with zero attached hydrogens (tertiary/aromatic N) is 1. The molecule has 108 valence electrons. The van der Waals surface area contributed by atoms with E-state index in [1.165, 1.54) is 6.20 Å². The second kappa shape index (κ2) is 6.47. The molecule has 1 aliphatic rings. The predicted molar refractivity (Wildman–Crippen MR) is 74.4 cm³/mol. The van der Waals surface area contributed by atoms with E-state index < -0.39 is 5.97 Å². The number of carboxylic acids is 1. The monoisotopic (exact) mass is 277 g/mol. The van der Waals surface area contributed by atoms with Crippen molar-refractivity contribution in [3.8, 4) is 0 Å². The topological polar surface area (TPSA) is 91.3 Å². The second-order valence-corrected chi connectivity index (χ2v) is 5.15. The molecular weight excluding hydrogens is 258 g/mol. The predicted octanol–water partition coefficient (Wildman–Crippen LogP) is 1.04. The fraction of sp³-hybridized carbons (Fsp3) is 0.500. The Morgan fingerprint density at radius 3 is 2.90 bits per heavy atom. The van der Waals surface area contributed by atoms with Crippen LogP contribution in [0.25, 0.3) is 0 Å². The van der Waals surface area contributed by atoms with E-state index in [-0.39, 0.29) is 18.4 Å². The summed E-state index contributed by atoms with van der Waals surface area (Å²) < 4.78 is 0. The lowest BCUT2D eigenvalue weighted by Gasteiger charge is -2.28. The zero-order chi connectivity index (χ0) is 14.5. The molecule has 2 atom stereocenters. The molecule has 1 aliphatic heterocycles. The lowest BCUT2D eigenvalue weighted by atomic mass is 9.92. The molecule has 2 unspecified atom stereocenters. The van der Waals surface area contributed by atoms with Crippen molar-refractivity contribution in [2.24, 2.45) is 5.92 Å². The Morgan fingerprint density at radius 2 is 2.30 bits per heavy atom. The normalized spacial score (nSPS) is 22.2.